The van der Waals surface area contributed by atoms with Crippen LogP contribution in [0.1, 0.15) is 11.6 Å². The van der Waals surface area contributed by atoms with Gasteiger partial charge < -0.3 is 23.8 Å². The van der Waals surface area contributed by atoms with Crippen molar-refractivity contribution in [1.29, 1.82) is 0 Å². The van der Waals surface area contributed by atoms with Gasteiger partial charge >= 0.3 is 18.8 Å². The zero-order chi connectivity index (χ0) is 28.2. The van der Waals surface area contributed by atoms with Gasteiger partial charge in [0.05, 0.1) is 18.3 Å². The van der Waals surface area contributed by atoms with Gasteiger partial charge in [-0.3, -0.25) is 4.79 Å². The van der Waals surface area contributed by atoms with Crippen LogP contribution in [0.3, 0.4) is 0 Å². The molecule has 39 heavy (non-hydrogen) atoms. The first-order valence-corrected chi connectivity index (χ1v) is 11.1. The van der Waals surface area contributed by atoms with E-state index in [9.17, 15) is 39.9 Å². The summed E-state index contributed by atoms with van der Waals surface area (Å²) in [5.74, 6) is -3.27. The third kappa shape index (κ3) is 5.49. The lowest BCUT2D eigenvalue weighted by Crippen LogP contribution is -2.43. The highest BCUT2D eigenvalue weighted by Gasteiger charge is 2.45. The molecule has 0 saturated carbocycles. The molecule has 0 spiro atoms. The fourth-order valence-corrected chi connectivity index (χ4v) is 4.30. The second kappa shape index (κ2) is 9.20. The molecule has 2 aliphatic heterocycles. The first-order chi connectivity index (χ1) is 18.2. The summed E-state index contributed by atoms with van der Waals surface area (Å²) in [5.41, 5.74) is 0.612. The molecule has 2 aliphatic rings. The lowest BCUT2D eigenvalue weighted by Gasteiger charge is -2.39. The van der Waals surface area contributed by atoms with Gasteiger partial charge in [0.25, 0.3) is 5.78 Å². The average molecular weight is 561 g/mol. The van der Waals surface area contributed by atoms with E-state index < -0.39 is 43.0 Å². The number of para-hydroxylation sites is 1. The molecule has 0 N–H and O–H groups in total. The largest absolute Gasteiger partial charge is 0.586 e. The highest BCUT2D eigenvalue weighted by Crippen LogP contribution is 2.48. The Morgan fingerprint density at radius 3 is 2.38 bits per heavy atom. The van der Waals surface area contributed by atoms with Gasteiger partial charge in [-0.2, -0.15) is 13.2 Å². The van der Waals surface area contributed by atoms with Crippen molar-refractivity contribution in [2.24, 2.45) is 0 Å². The Morgan fingerprint density at radius 1 is 0.949 bits per heavy atom. The molecule has 0 bridgehead atoms. The van der Waals surface area contributed by atoms with Crippen LogP contribution in [0.2, 0.25) is 0 Å². The standard InChI is InChI=1S/C25H15F8NO5/c26-23(27,28)21(35)11-34-17-6-2-5-16(13-3-1-4-15(9-13)37-24(29,30)31)22(17)36-12-18(34)14-7-8-19-20(10-14)39-25(32,33)38-19/h1-10,18H,11-12H2. The molecule has 0 saturated heterocycles. The number of alkyl halides is 8. The van der Waals surface area contributed by atoms with E-state index in [1.54, 1.807) is 0 Å². The van der Waals surface area contributed by atoms with Gasteiger partial charge in [-0.05, 0) is 41.5 Å². The van der Waals surface area contributed by atoms with Crippen LogP contribution >= 0.6 is 0 Å². The molecular weight excluding hydrogens is 546 g/mol. The number of carbonyl (C=O) groups excluding carboxylic acids is 1. The number of ether oxygens (including phenoxy) is 4. The van der Waals surface area contributed by atoms with E-state index in [1.165, 1.54) is 36.4 Å². The molecule has 6 nitrogen and oxygen atoms in total. The van der Waals surface area contributed by atoms with Gasteiger partial charge in [0.2, 0.25) is 0 Å². The minimum absolute atomic E-state index is 0.000148. The van der Waals surface area contributed by atoms with Gasteiger partial charge in [-0.15, -0.1) is 22.0 Å². The average Bonchev–Trinajstić information content (AvgIpc) is 3.15. The van der Waals surface area contributed by atoms with Crippen molar-refractivity contribution in [2.75, 3.05) is 18.1 Å². The molecule has 0 aliphatic carbocycles. The summed E-state index contributed by atoms with van der Waals surface area (Å²) < 4.78 is 124. The van der Waals surface area contributed by atoms with Gasteiger partial charge in [0.1, 0.15) is 12.4 Å². The highest BCUT2D eigenvalue weighted by atomic mass is 19.4. The minimum atomic E-state index is -5.18. The van der Waals surface area contributed by atoms with Crippen molar-refractivity contribution in [3.05, 3.63) is 66.2 Å². The Kier molecular flexibility index (Phi) is 6.23. The smallest absolute Gasteiger partial charge is 0.488 e. The van der Waals surface area contributed by atoms with Gasteiger partial charge in [0.15, 0.2) is 17.2 Å². The van der Waals surface area contributed by atoms with Crippen molar-refractivity contribution in [2.45, 2.75) is 24.9 Å². The fraction of sp³-hybridized carbons (Fsp3) is 0.240. The predicted molar refractivity (Wildman–Crippen MR) is 118 cm³/mol. The molecular formula is C25H15F8NO5. The number of ketones is 1. The Morgan fingerprint density at radius 2 is 1.67 bits per heavy atom. The monoisotopic (exact) mass is 561 g/mol. The zero-order valence-corrected chi connectivity index (χ0v) is 19.3. The minimum Gasteiger partial charge on any atom is -0.488 e. The van der Waals surface area contributed by atoms with E-state index in [1.807, 2.05) is 0 Å². The first kappa shape index (κ1) is 26.4. The summed E-state index contributed by atoms with van der Waals surface area (Å²) in [7, 11) is 0. The van der Waals surface area contributed by atoms with Gasteiger partial charge in [-0.1, -0.05) is 30.3 Å². The van der Waals surface area contributed by atoms with E-state index in [-0.39, 0.29) is 46.2 Å². The normalized spacial score (nSPS) is 17.8. The van der Waals surface area contributed by atoms with Crippen LogP contribution in [0.4, 0.5) is 40.8 Å². The van der Waals surface area contributed by atoms with E-state index in [0.29, 0.717) is 0 Å². The van der Waals surface area contributed by atoms with Crippen LogP contribution < -0.4 is 23.8 Å². The van der Waals surface area contributed by atoms with E-state index in [2.05, 4.69) is 14.2 Å². The molecule has 2 heterocycles. The first-order valence-electron chi connectivity index (χ1n) is 11.1. The van der Waals surface area contributed by atoms with Crippen LogP contribution in [0.15, 0.2) is 60.7 Å². The maximum Gasteiger partial charge on any atom is 0.586 e. The second-order valence-corrected chi connectivity index (χ2v) is 8.48. The Bertz CT molecular complexity index is 1420. The molecule has 3 aromatic rings. The Labute approximate surface area is 214 Å². The number of anilines is 1. The lowest BCUT2D eigenvalue weighted by atomic mass is 9.98. The van der Waals surface area contributed by atoms with Gasteiger partial charge in [0, 0.05) is 5.56 Å². The van der Waals surface area contributed by atoms with Crippen molar-refractivity contribution < 1.29 is 58.9 Å². The van der Waals surface area contributed by atoms with E-state index in [4.69, 9.17) is 4.74 Å². The number of hydrogen-bond acceptors (Lipinski definition) is 6. The quantitative estimate of drug-likeness (QED) is 0.326. The molecule has 1 unspecified atom stereocenters. The van der Waals surface area contributed by atoms with Crippen molar-refractivity contribution in [1.82, 2.24) is 0 Å². The van der Waals surface area contributed by atoms with E-state index >= 15 is 0 Å². The summed E-state index contributed by atoms with van der Waals surface area (Å²) in [6.45, 7) is -1.50. The number of hydrogen-bond donors (Lipinski definition) is 0. The number of nitrogens with zero attached hydrogens (tertiary/aromatic N) is 1. The molecule has 0 amide bonds. The number of benzene rings is 3. The number of Topliss-reactive ketones (excluding diaryl/α,β-unsaturated/α-hetero) is 1. The zero-order valence-electron chi connectivity index (χ0n) is 19.3. The third-order valence-corrected chi connectivity index (χ3v) is 5.88. The second-order valence-electron chi connectivity index (χ2n) is 8.48. The fourth-order valence-electron chi connectivity index (χ4n) is 4.30. The highest BCUT2D eigenvalue weighted by molar-refractivity contribution is 5.90. The molecule has 1 atom stereocenters. The van der Waals surface area contributed by atoms with Crippen LogP contribution in [-0.2, 0) is 4.79 Å². The summed E-state index contributed by atoms with van der Waals surface area (Å²) >= 11 is 0. The van der Waals surface area contributed by atoms with E-state index in [0.717, 1.165) is 29.2 Å². The summed E-state index contributed by atoms with van der Waals surface area (Å²) in [6.07, 6.45) is -14.1. The maximum absolute atomic E-state index is 13.5. The van der Waals surface area contributed by atoms with Crippen LogP contribution in [0.5, 0.6) is 23.0 Å². The van der Waals surface area contributed by atoms with Crippen LogP contribution in [0.25, 0.3) is 11.1 Å². The maximum atomic E-state index is 13.5. The molecule has 0 fully saturated rings. The summed E-state index contributed by atoms with van der Waals surface area (Å²) in [5, 5.41) is 0. The van der Waals surface area contributed by atoms with Crippen molar-refractivity contribution in [3.8, 4) is 34.1 Å². The summed E-state index contributed by atoms with van der Waals surface area (Å²) in [4.78, 5) is 13.1. The third-order valence-electron chi connectivity index (χ3n) is 5.88. The predicted octanol–water partition coefficient (Wildman–Crippen LogP) is 6.65. The number of rotatable bonds is 5. The number of carbonyl (C=O) groups is 1. The Hall–Kier alpha value is -4.23. The Balaban J connectivity index is 1.56. The van der Waals surface area contributed by atoms with Crippen LogP contribution in [-0.4, -0.2) is 37.8 Å². The molecule has 206 valence electrons. The number of fused-ring (bicyclic) bond motifs is 2. The van der Waals surface area contributed by atoms with Crippen molar-refractivity contribution in [3.63, 3.8) is 0 Å². The SMILES string of the molecule is O=C(CN1c2cccc(-c3cccc(OC(F)(F)F)c3)c2OCC1c1ccc2c(c1)OC(F)(F)O2)C(F)(F)F. The number of halogens is 8. The molecule has 0 aromatic heterocycles. The van der Waals surface area contributed by atoms with Crippen molar-refractivity contribution >= 4 is 11.5 Å². The summed E-state index contributed by atoms with van der Waals surface area (Å²) in [6, 6.07) is 11.7. The molecule has 5 rings (SSSR count). The molecule has 0 radical (unpaired) electrons. The lowest BCUT2D eigenvalue weighted by molar-refractivity contribution is -0.286. The molecule has 14 heteroatoms. The van der Waals surface area contributed by atoms with Crippen LogP contribution in [0, 0.1) is 0 Å². The topological polar surface area (TPSA) is 57.2 Å². The molecule has 3 aromatic carbocycles. The van der Waals surface area contributed by atoms with Gasteiger partial charge in [-0.25, -0.2) is 0 Å².